The molecule has 94 heavy (non-hydrogen) atoms. The molecule has 17 nitrogen and oxygen atoms in total. The topological polar surface area (TPSA) is 237 Å². The van der Waals surface area contributed by atoms with E-state index in [1.54, 1.807) is 0 Å². The first-order valence-electron chi connectivity index (χ1n) is 39.1. The number of aliphatic hydroxyl groups excluding tert-OH is 1. The highest BCUT2D eigenvalue weighted by atomic mass is 31.2. The van der Waals surface area contributed by atoms with Crippen LogP contribution in [0.3, 0.4) is 0 Å². The summed E-state index contributed by atoms with van der Waals surface area (Å²) in [6, 6.07) is 0. The highest BCUT2D eigenvalue weighted by Gasteiger charge is 2.30. The average Bonchev–Trinajstić information content (AvgIpc) is 1.88. The minimum atomic E-state index is -4.95. The lowest BCUT2D eigenvalue weighted by atomic mass is 10.0. The van der Waals surface area contributed by atoms with E-state index in [-0.39, 0.29) is 25.7 Å². The molecule has 0 saturated heterocycles. The van der Waals surface area contributed by atoms with Gasteiger partial charge in [0.25, 0.3) is 0 Å². The van der Waals surface area contributed by atoms with E-state index in [0.29, 0.717) is 25.7 Å². The molecule has 0 heterocycles. The Bertz CT molecular complexity index is 1810. The summed E-state index contributed by atoms with van der Waals surface area (Å²) in [5.74, 6) is -1.37. The summed E-state index contributed by atoms with van der Waals surface area (Å²) in [6.07, 6.45) is 56.7. The van der Waals surface area contributed by atoms with Gasteiger partial charge >= 0.3 is 39.5 Å². The number of aliphatic hydroxyl groups is 1. The Morgan fingerprint density at radius 3 is 0.723 bits per heavy atom. The lowest BCUT2D eigenvalue weighted by molar-refractivity contribution is -0.161. The average molecular weight is 1380 g/mol. The number of ether oxygens (including phenoxy) is 4. The van der Waals surface area contributed by atoms with Crippen molar-refractivity contribution in [1.82, 2.24) is 0 Å². The van der Waals surface area contributed by atoms with Crippen molar-refractivity contribution in [3.63, 3.8) is 0 Å². The number of esters is 4. The molecule has 5 atom stereocenters. The van der Waals surface area contributed by atoms with Crippen molar-refractivity contribution < 1.29 is 80.2 Å². The second-order valence-electron chi connectivity index (χ2n) is 27.5. The van der Waals surface area contributed by atoms with Crippen LogP contribution in [0.5, 0.6) is 0 Å². The van der Waals surface area contributed by atoms with Crippen molar-refractivity contribution in [2.75, 3.05) is 39.6 Å². The minimum absolute atomic E-state index is 0.108. The Morgan fingerprint density at radius 2 is 0.489 bits per heavy atom. The van der Waals surface area contributed by atoms with Gasteiger partial charge in [0.15, 0.2) is 12.2 Å². The maximum absolute atomic E-state index is 13.1. The van der Waals surface area contributed by atoms with Crippen LogP contribution in [0.1, 0.15) is 394 Å². The molecule has 0 spiro atoms. The molecule has 0 aliphatic heterocycles. The van der Waals surface area contributed by atoms with Crippen LogP contribution < -0.4 is 0 Å². The molecule has 0 aliphatic carbocycles. The summed E-state index contributed by atoms with van der Waals surface area (Å²) in [4.78, 5) is 72.8. The first kappa shape index (κ1) is 92.1. The standard InChI is InChI=1S/C75H146O17P2/c1-6-9-12-15-18-21-24-27-29-32-35-40-46-51-56-61-75(80)91-70(64-85-72(77)58-53-48-43-38-33-31-28-25-22-19-16-13-10-7-2)66-89-93(81,82)87-62-69(76)63-88-94(83,84)90-67-71(65-86-73(78)59-54-49-44-41-36-37-42-47-52-57-68(4)5)92-74(79)60-55-50-45-39-34-30-26-23-20-17-14-11-8-3/h68-71,76H,6-67H2,1-5H3,(H,81,82)(H,83,84)/t69-,70-,71-/m1/s1. The molecule has 0 aromatic carbocycles. The van der Waals surface area contributed by atoms with Crippen molar-refractivity contribution in [2.45, 2.75) is 412 Å². The zero-order valence-electron chi connectivity index (χ0n) is 61.1. The lowest BCUT2D eigenvalue weighted by Gasteiger charge is -2.21. The fraction of sp³-hybridized carbons (Fsp3) is 0.947. The fourth-order valence-electron chi connectivity index (χ4n) is 11.5. The van der Waals surface area contributed by atoms with E-state index in [9.17, 15) is 43.2 Å². The Labute approximate surface area is 575 Å². The second kappa shape index (κ2) is 68.2. The summed E-state index contributed by atoms with van der Waals surface area (Å²) in [6.45, 7) is 7.28. The Morgan fingerprint density at radius 1 is 0.287 bits per heavy atom. The normalized spacial score (nSPS) is 14.0. The van der Waals surface area contributed by atoms with Crippen LogP contribution in [0.2, 0.25) is 0 Å². The minimum Gasteiger partial charge on any atom is -0.462 e. The molecule has 0 bridgehead atoms. The molecular weight excluding hydrogens is 1230 g/mol. The van der Waals surface area contributed by atoms with Crippen molar-refractivity contribution in [3.8, 4) is 0 Å². The van der Waals surface area contributed by atoms with E-state index in [1.165, 1.54) is 218 Å². The smallest absolute Gasteiger partial charge is 0.462 e. The molecule has 3 N–H and O–H groups in total. The molecule has 0 amide bonds. The maximum atomic E-state index is 13.1. The summed E-state index contributed by atoms with van der Waals surface area (Å²) in [5.41, 5.74) is 0. The van der Waals surface area contributed by atoms with Gasteiger partial charge in [0.2, 0.25) is 0 Å². The molecule has 558 valence electrons. The van der Waals surface area contributed by atoms with Crippen LogP contribution in [0.4, 0.5) is 0 Å². The van der Waals surface area contributed by atoms with E-state index in [0.717, 1.165) is 95.8 Å². The van der Waals surface area contributed by atoms with Crippen molar-refractivity contribution in [3.05, 3.63) is 0 Å². The third-order valence-electron chi connectivity index (χ3n) is 17.5. The summed E-state index contributed by atoms with van der Waals surface area (Å²) >= 11 is 0. The number of phosphoric ester groups is 2. The highest BCUT2D eigenvalue weighted by Crippen LogP contribution is 2.45. The molecule has 0 aliphatic rings. The van der Waals surface area contributed by atoms with Gasteiger partial charge in [-0.15, -0.1) is 0 Å². The lowest BCUT2D eigenvalue weighted by Crippen LogP contribution is -2.30. The first-order valence-corrected chi connectivity index (χ1v) is 42.1. The van der Waals surface area contributed by atoms with Gasteiger partial charge in [0.05, 0.1) is 26.4 Å². The monoisotopic (exact) mass is 1380 g/mol. The van der Waals surface area contributed by atoms with Gasteiger partial charge in [-0.3, -0.25) is 37.3 Å². The van der Waals surface area contributed by atoms with Gasteiger partial charge < -0.3 is 33.8 Å². The van der Waals surface area contributed by atoms with E-state index in [4.69, 9.17) is 37.0 Å². The predicted octanol–water partition coefficient (Wildman–Crippen LogP) is 22.1. The quantitative estimate of drug-likeness (QED) is 0.0222. The number of carbonyl (C=O) groups excluding carboxylic acids is 4. The second-order valence-corrected chi connectivity index (χ2v) is 30.4. The molecule has 0 rings (SSSR count). The van der Waals surface area contributed by atoms with E-state index in [2.05, 4.69) is 34.6 Å². The third-order valence-corrected chi connectivity index (χ3v) is 19.4. The summed E-state index contributed by atoms with van der Waals surface area (Å²) in [7, 11) is -9.91. The van der Waals surface area contributed by atoms with E-state index in [1.807, 2.05) is 0 Å². The summed E-state index contributed by atoms with van der Waals surface area (Å²) < 4.78 is 68.5. The van der Waals surface area contributed by atoms with Crippen LogP contribution in [0.15, 0.2) is 0 Å². The molecule has 0 fully saturated rings. The predicted molar refractivity (Wildman–Crippen MR) is 382 cm³/mol. The number of carbonyl (C=O) groups is 4. The molecule has 19 heteroatoms. The van der Waals surface area contributed by atoms with Crippen molar-refractivity contribution >= 4 is 39.5 Å². The third kappa shape index (κ3) is 68.6. The van der Waals surface area contributed by atoms with Gasteiger partial charge in [-0.25, -0.2) is 9.13 Å². The van der Waals surface area contributed by atoms with E-state index >= 15 is 0 Å². The van der Waals surface area contributed by atoms with Crippen LogP contribution in [0.25, 0.3) is 0 Å². The van der Waals surface area contributed by atoms with E-state index < -0.39 is 97.5 Å². The number of rotatable bonds is 75. The van der Waals surface area contributed by atoms with Crippen molar-refractivity contribution in [1.29, 1.82) is 0 Å². The highest BCUT2D eigenvalue weighted by molar-refractivity contribution is 7.47. The van der Waals surface area contributed by atoms with Crippen LogP contribution in [-0.2, 0) is 65.4 Å². The fourth-order valence-corrected chi connectivity index (χ4v) is 13.1. The number of hydrogen-bond donors (Lipinski definition) is 3. The van der Waals surface area contributed by atoms with Gasteiger partial charge in [-0.05, 0) is 31.6 Å². The Balaban J connectivity index is 5.26. The van der Waals surface area contributed by atoms with Gasteiger partial charge in [0, 0.05) is 25.7 Å². The molecule has 0 radical (unpaired) electrons. The van der Waals surface area contributed by atoms with Gasteiger partial charge in [-0.1, -0.05) is 343 Å². The number of unbranched alkanes of at least 4 members (excludes halogenated alkanes) is 47. The summed E-state index contributed by atoms with van der Waals surface area (Å²) in [5, 5.41) is 10.6. The van der Waals surface area contributed by atoms with Crippen LogP contribution in [0, 0.1) is 5.92 Å². The van der Waals surface area contributed by atoms with Crippen LogP contribution in [-0.4, -0.2) is 96.7 Å². The molecular formula is C75H146O17P2. The molecule has 2 unspecified atom stereocenters. The number of hydrogen-bond acceptors (Lipinski definition) is 15. The zero-order chi connectivity index (χ0) is 69.1. The van der Waals surface area contributed by atoms with Gasteiger partial charge in [-0.2, -0.15) is 0 Å². The maximum Gasteiger partial charge on any atom is 0.472 e. The molecule has 0 aromatic rings. The molecule has 0 saturated carbocycles. The largest absolute Gasteiger partial charge is 0.472 e. The first-order chi connectivity index (χ1) is 45.5. The van der Waals surface area contributed by atoms with Gasteiger partial charge in [0.1, 0.15) is 19.3 Å². The Kier molecular flexibility index (Phi) is 66.8. The SMILES string of the molecule is CCCCCCCCCCCCCCCCCC(=O)O[C@H](COC(=O)CCCCCCCCCCCCCCCC)COP(=O)(O)OC[C@@H](O)COP(=O)(O)OC[C@@H](COC(=O)CCCCCCCCCCCC(C)C)OC(=O)CCCCCCCCCCCCCCC. The van der Waals surface area contributed by atoms with Crippen LogP contribution >= 0.6 is 15.6 Å². The Hall–Kier alpha value is -1.94. The van der Waals surface area contributed by atoms with Crippen molar-refractivity contribution in [2.24, 2.45) is 5.92 Å². The molecule has 0 aromatic heterocycles. The zero-order valence-corrected chi connectivity index (χ0v) is 62.9. The number of phosphoric acid groups is 2.